The first kappa shape index (κ1) is 30.5. The van der Waals surface area contributed by atoms with Crippen molar-refractivity contribution in [3.63, 3.8) is 0 Å². The smallest absolute Gasteiger partial charge is 0.242 e. The predicted octanol–water partition coefficient (Wildman–Crippen LogP) is 6.06. The molecule has 0 aromatic heterocycles. The second-order valence-corrected chi connectivity index (χ2v) is 12.9. The molecule has 0 spiro atoms. The number of hydrogen-bond acceptors (Lipinski definition) is 4. The monoisotopic (exact) mass is 601 g/mol. The van der Waals surface area contributed by atoms with Gasteiger partial charge in [0, 0.05) is 35.6 Å². The van der Waals surface area contributed by atoms with E-state index < -0.39 is 16.1 Å². The molecule has 1 aliphatic carbocycles. The molecule has 208 valence electrons. The van der Waals surface area contributed by atoms with Crippen LogP contribution >= 0.6 is 34.8 Å². The maximum atomic E-state index is 13.4. The Labute approximate surface area is 240 Å². The number of rotatable bonds is 11. The molecule has 1 aliphatic rings. The van der Waals surface area contributed by atoms with Crippen LogP contribution in [0.1, 0.15) is 57.4 Å². The van der Waals surface area contributed by atoms with Crippen molar-refractivity contribution in [2.45, 2.75) is 70.5 Å². The van der Waals surface area contributed by atoms with Crippen molar-refractivity contribution in [3.05, 3.63) is 63.1 Å². The standard InChI is InChI=1S/C27H34Cl3N3O4S/c1-19(27(35)31-23-7-4-3-5-8-23)32(18-20-10-12-21(28)13-11-20)26(34)9-6-16-33(38(2,36)37)25-17-22(29)14-15-24(25)30/h10-15,17,19,23H,3-9,16,18H2,1-2H3,(H,31,35). The molecule has 0 heterocycles. The van der Waals surface area contributed by atoms with Gasteiger partial charge in [-0.3, -0.25) is 13.9 Å². The van der Waals surface area contributed by atoms with Crippen LogP contribution in [0.3, 0.4) is 0 Å². The summed E-state index contributed by atoms with van der Waals surface area (Å²) in [6.45, 7) is 1.98. The van der Waals surface area contributed by atoms with Crippen molar-refractivity contribution in [3.8, 4) is 0 Å². The maximum absolute atomic E-state index is 13.4. The topological polar surface area (TPSA) is 86.8 Å². The first-order valence-electron chi connectivity index (χ1n) is 12.7. The fourth-order valence-electron chi connectivity index (χ4n) is 4.60. The van der Waals surface area contributed by atoms with Gasteiger partial charge in [0.05, 0.1) is 17.0 Å². The summed E-state index contributed by atoms with van der Waals surface area (Å²) >= 11 is 18.3. The highest BCUT2D eigenvalue weighted by Crippen LogP contribution is 2.31. The Morgan fingerprint density at radius 1 is 1.00 bits per heavy atom. The van der Waals surface area contributed by atoms with Gasteiger partial charge >= 0.3 is 0 Å². The zero-order valence-electron chi connectivity index (χ0n) is 21.6. The number of amides is 2. The molecule has 2 aromatic carbocycles. The summed E-state index contributed by atoms with van der Waals surface area (Å²) in [6.07, 6.45) is 6.57. The molecule has 1 fully saturated rings. The van der Waals surface area contributed by atoms with Gasteiger partial charge in [0.15, 0.2) is 0 Å². The summed E-state index contributed by atoms with van der Waals surface area (Å²) in [5.41, 5.74) is 1.09. The van der Waals surface area contributed by atoms with E-state index in [4.69, 9.17) is 34.8 Å². The quantitative estimate of drug-likeness (QED) is 0.339. The molecular weight excluding hydrogens is 569 g/mol. The molecule has 1 saturated carbocycles. The number of carbonyl (C=O) groups is 2. The van der Waals surface area contributed by atoms with Crippen LogP contribution in [0.5, 0.6) is 0 Å². The minimum absolute atomic E-state index is 0.0298. The number of nitrogens with zero attached hydrogens (tertiary/aromatic N) is 2. The van der Waals surface area contributed by atoms with Gasteiger partial charge in [-0.2, -0.15) is 0 Å². The minimum atomic E-state index is -3.69. The Morgan fingerprint density at radius 2 is 1.63 bits per heavy atom. The number of hydrogen-bond donors (Lipinski definition) is 1. The van der Waals surface area contributed by atoms with Gasteiger partial charge in [0.2, 0.25) is 21.8 Å². The lowest BCUT2D eigenvalue weighted by Gasteiger charge is -2.31. The number of sulfonamides is 1. The lowest BCUT2D eigenvalue weighted by molar-refractivity contribution is -0.141. The van der Waals surface area contributed by atoms with Gasteiger partial charge < -0.3 is 10.2 Å². The number of benzene rings is 2. The van der Waals surface area contributed by atoms with E-state index in [0.717, 1.165) is 41.8 Å². The van der Waals surface area contributed by atoms with E-state index in [1.807, 2.05) is 12.1 Å². The van der Waals surface area contributed by atoms with E-state index in [1.54, 1.807) is 30.0 Å². The summed E-state index contributed by atoms with van der Waals surface area (Å²) in [4.78, 5) is 28.1. The molecule has 1 N–H and O–H groups in total. The number of carbonyl (C=O) groups excluding carboxylic acids is 2. The number of nitrogens with one attached hydrogen (secondary N) is 1. The summed E-state index contributed by atoms with van der Waals surface area (Å²) in [7, 11) is -3.69. The Kier molecular flexibility index (Phi) is 11.2. The average Bonchev–Trinajstić information content (AvgIpc) is 2.87. The Bertz CT molecular complexity index is 1220. The SMILES string of the molecule is CC(C(=O)NC1CCCCC1)N(Cc1ccc(Cl)cc1)C(=O)CCCN(c1cc(Cl)ccc1Cl)S(C)(=O)=O. The van der Waals surface area contributed by atoms with Crippen LogP contribution in [0.15, 0.2) is 42.5 Å². The average molecular weight is 603 g/mol. The zero-order chi connectivity index (χ0) is 27.9. The fourth-order valence-corrected chi connectivity index (χ4v) is 6.13. The lowest BCUT2D eigenvalue weighted by Crippen LogP contribution is -2.50. The highest BCUT2D eigenvalue weighted by molar-refractivity contribution is 7.92. The highest BCUT2D eigenvalue weighted by atomic mass is 35.5. The van der Waals surface area contributed by atoms with Crippen molar-refractivity contribution in [2.24, 2.45) is 0 Å². The van der Waals surface area contributed by atoms with Crippen LogP contribution in [-0.2, 0) is 26.2 Å². The molecule has 2 amide bonds. The molecule has 2 aromatic rings. The fraction of sp³-hybridized carbons (Fsp3) is 0.481. The van der Waals surface area contributed by atoms with Gasteiger partial charge in [0.25, 0.3) is 0 Å². The molecular formula is C27H34Cl3N3O4S. The molecule has 7 nitrogen and oxygen atoms in total. The molecule has 1 unspecified atom stereocenters. The molecule has 11 heteroatoms. The van der Waals surface area contributed by atoms with Crippen molar-refractivity contribution >= 4 is 62.3 Å². The van der Waals surface area contributed by atoms with Crippen LogP contribution in [0, 0.1) is 0 Å². The summed E-state index contributed by atoms with van der Waals surface area (Å²) < 4.78 is 26.2. The van der Waals surface area contributed by atoms with E-state index in [0.29, 0.717) is 10.0 Å². The second kappa shape index (κ2) is 13.9. The molecule has 3 rings (SSSR count). The Hall–Kier alpha value is -2.00. The van der Waals surface area contributed by atoms with Crippen molar-refractivity contribution in [1.29, 1.82) is 0 Å². The van der Waals surface area contributed by atoms with Gasteiger partial charge in [-0.25, -0.2) is 8.42 Å². The normalized spacial score (nSPS) is 15.1. The van der Waals surface area contributed by atoms with E-state index in [1.165, 1.54) is 18.6 Å². The summed E-state index contributed by atoms with van der Waals surface area (Å²) in [5.74, 6) is -0.445. The first-order valence-corrected chi connectivity index (χ1v) is 15.7. The largest absolute Gasteiger partial charge is 0.352 e. The molecule has 0 aliphatic heterocycles. The lowest BCUT2D eigenvalue weighted by atomic mass is 9.95. The Balaban J connectivity index is 1.73. The molecule has 1 atom stereocenters. The minimum Gasteiger partial charge on any atom is -0.352 e. The van der Waals surface area contributed by atoms with Gasteiger partial charge in [-0.15, -0.1) is 0 Å². The third-order valence-electron chi connectivity index (χ3n) is 6.71. The van der Waals surface area contributed by atoms with Gasteiger partial charge in [-0.05, 0) is 62.1 Å². The van der Waals surface area contributed by atoms with E-state index >= 15 is 0 Å². The summed E-state index contributed by atoms with van der Waals surface area (Å²) in [6, 6.07) is 11.1. The second-order valence-electron chi connectivity index (χ2n) is 9.70. The first-order chi connectivity index (χ1) is 18.0. The van der Waals surface area contributed by atoms with Crippen molar-refractivity contribution < 1.29 is 18.0 Å². The van der Waals surface area contributed by atoms with E-state index in [9.17, 15) is 18.0 Å². The third kappa shape index (κ3) is 8.76. The highest BCUT2D eigenvalue weighted by Gasteiger charge is 2.28. The van der Waals surface area contributed by atoms with Crippen LogP contribution < -0.4 is 9.62 Å². The summed E-state index contributed by atoms with van der Waals surface area (Å²) in [5, 5.41) is 4.27. The van der Waals surface area contributed by atoms with Crippen LogP contribution in [-0.4, -0.2) is 50.0 Å². The van der Waals surface area contributed by atoms with Crippen molar-refractivity contribution in [1.82, 2.24) is 10.2 Å². The molecule has 0 bridgehead atoms. The van der Waals surface area contributed by atoms with E-state index in [-0.39, 0.29) is 54.5 Å². The molecule has 0 radical (unpaired) electrons. The zero-order valence-corrected chi connectivity index (χ0v) is 24.7. The number of halogens is 3. The number of anilines is 1. The van der Waals surface area contributed by atoms with Crippen LogP contribution in [0.25, 0.3) is 0 Å². The maximum Gasteiger partial charge on any atom is 0.242 e. The van der Waals surface area contributed by atoms with Crippen LogP contribution in [0.4, 0.5) is 5.69 Å². The van der Waals surface area contributed by atoms with Crippen molar-refractivity contribution in [2.75, 3.05) is 17.1 Å². The van der Waals surface area contributed by atoms with Crippen LogP contribution in [0.2, 0.25) is 15.1 Å². The van der Waals surface area contributed by atoms with Gasteiger partial charge in [0.1, 0.15) is 6.04 Å². The molecule has 38 heavy (non-hydrogen) atoms. The predicted molar refractivity (Wildman–Crippen MR) is 154 cm³/mol. The third-order valence-corrected chi connectivity index (χ3v) is 8.70. The molecule has 0 saturated heterocycles. The van der Waals surface area contributed by atoms with E-state index in [2.05, 4.69) is 5.32 Å². The van der Waals surface area contributed by atoms with Gasteiger partial charge in [-0.1, -0.05) is 66.2 Å². The Morgan fingerprint density at radius 3 is 2.26 bits per heavy atom.